The summed E-state index contributed by atoms with van der Waals surface area (Å²) in [6, 6.07) is 0. The lowest BCUT2D eigenvalue weighted by Crippen LogP contribution is -2.43. The van der Waals surface area contributed by atoms with E-state index in [1.54, 1.807) is 0 Å². The molecule has 0 aliphatic carbocycles. The molecule has 8 heteroatoms. The van der Waals surface area contributed by atoms with Crippen LogP contribution in [0.3, 0.4) is 0 Å². The lowest BCUT2D eigenvalue weighted by molar-refractivity contribution is -0.121. The highest BCUT2D eigenvalue weighted by molar-refractivity contribution is 14.0. The van der Waals surface area contributed by atoms with Gasteiger partial charge in [0, 0.05) is 31.9 Å². The number of hydrogen-bond donors (Lipinski definition) is 3. The summed E-state index contributed by atoms with van der Waals surface area (Å²) < 4.78 is 1.81. The SMILES string of the molecule is CCNC(=NCC(=O)NC(C)(C)C)NCCCc1cnn(C)c1.I. The highest BCUT2D eigenvalue weighted by Crippen LogP contribution is 2.00. The topological polar surface area (TPSA) is 83.3 Å². The van der Waals surface area contributed by atoms with Crippen molar-refractivity contribution in [1.29, 1.82) is 0 Å². The molecule has 1 rings (SSSR count). The molecule has 0 aromatic carbocycles. The Balaban J connectivity index is 0.00000529. The van der Waals surface area contributed by atoms with Crippen LogP contribution in [0.1, 0.15) is 39.7 Å². The molecule has 0 spiro atoms. The van der Waals surface area contributed by atoms with Gasteiger partial charge in [-0.05, 0) is 46.1 Å². The zero-order valence-corrected chi connectivity index (χ0v) is 17.7. The van der Waals surface area contributed by atoms with Crippen LogP contribution in [0.4, 0.5) is 0 Å². The molecule has 138 valence electrons. The molecule has 1 aromatic rings. The van der Waals surface area contributed by atoms with E-state index in [1.807, 2.05) is 51.8 Å². The van der Waals surface area contributed by atoms with E-state index in [4.69, 9.17) is 0 Å². The fraction of sp³-hybridized carbons (Fsp3) is 0.688. The van der Waals surface area contributed by atoms with Crippen molar-refractivity contribution in [2.75, 3.05) is 19.6 Å². The van der Waals surface area contributed by atoms with Gasteiger partial charge in [-0.15, -0.1) is 24.0 Å². The van der Waals surface area contributed by atoms with E-state index in [2.05, 4.69) is 26.0 Å². The van der Waals surface area contributed by atoms with Crippen molar-refractivity contribution in [3.05, 3.63) is 18.0 Å². The largest absolute Gasteiger partial charge is 0.357 e. The van der Waals surface area contributed by atoms with Gasteiger partial charge in [-0.1, -0.05) is 0 Å². The summed E-state index contributed by atoms with van der Waals surface area (Å²) in [7, 11) is 1.92. The number of nitrogens with zero attached hydrogens (tertiary/aromatic N) is 3. The predicted octanol–water partition coefficient (Wildman–Crippen LogP) is 1.44. The molecule has 0 radical (unpaired) electrons. The predicted molar refractivity (Wildman–Crippen MR) is 109 cm³/mol. The van der Waals surface area contributed by atoms with Crippen molar-refractivity contribution in [2.24, 2.45) is 12.0 Å². The first-order valence-corrected chi connectivity index (χ1v) is 8.11. The summed E-state index contributed by atoms with van der Waals surface area (Å²) >= 11 is 0. The van der Waals surface area contributed by atoms with Crippen molar-refractivity contribution < 1.29 is 4.79 Å². The van der Waals surface area contributed by atoms with Gasteiger partial charge >= 0.3 is 0 Å². The van der Waals surface area contributed by atoms with Crippen molar-refractivity contribution in [1.82, 2.24) is 25.7 Å². The number of rotatable bonds is 7. The van der Waals surface area contributed by atoms with Crippen molar-refractivity contribution >= 4 is 35.8 Å². The van der Waals surface area contributed by atoms with Gasteiger partial charge in [0.2, 0.25) is 5.91 Å². The molecule has 0 fully saturated rings. The molecule has 0 unspecified atom stereocenters. The van der Waals surface area contributed by atoms with Gasteiger partial charge < -0.3 is 16.0 Å². The Morgan fingerprint density at radius 1 is 1.33 bits per heavy atom. The van der Waals surface area contributed by atoms with Crippen LogP contribution in [-0.4, -0.2) is 46.8 Å². The zero-order valence-electron chi connectivity index (χ0n) is 15.3. The van der Waals surface area contributed by atoms with E-state index in [0.717, 1.165) is 25.9 Å². The number of halogens is 1. The minimum absolute atomic E-state index is 0. The van der Waals surface area contributed by atoms with Crippen molar-refractivity contribution in [3.8, 4) is 0 Å². The lowest BCUT2D eigenvalue weighted by Gasteiger charge is -2.20. The molecule has 24 heavy (non-hydrogen) atoms. The maximum Gasteiger partial charge on any atom is 0.242 e. The van der Waals surface area contributed by atoms with Gasteiger partial charge in [-0.3, -0.25) is 9.48 Å². The fourth-order valence-electron chi connectivity index (χ4n) is 2.05. The minimum Gasteiger partial charge on any atom is -0.357 e. The maximum absolute atomic E-state index is 11.8. The minimum atomic E-state index is -0.234. The van der Waals surface area contributed by atoms with Gasteiger partial charge in [0.25, 0.3) is 0 Å². The third kappa shape index (κ3) is 10.5. The molecule has 0 aliphatic heterocycles. The normalized spacial score (nSPS) is 11.6. The molecule has 0 saturated carbocycles. The average molecular weight is 450 g/mol. The van der Waals surface area contributed by atoms with Crippen LogP contribution >= 0.6 is 24.0 Å². The highest BCUT2D eigenvalue weighted by atomic mass is 127. The molecule has 3 N–H and O–H groups in total. The molecule has 7 nitrogen and oxygen atoms in total. The molecule has 0 aliphatic rings. The molecular formula is C16H31IN6O. The number of aryl methyl sites for hydroxylation is 2. The van der Waals surface area contributed by atoms with E-state index >= 15 is 0 Å². The number of hydrogen-bond acceptors (Lipinski definition) is 3. The monoisotopic (exact) mass is 450 g/mol. The van der Waals surface area contributed by atoms with Crippen LogP contribution in [0, 0.1) is 0 Å². The summed E-state index contributed by atoms with van der Waals surface area (Å²) in [5.41, 5.74) is 0.989. The standard InChI is InChI=1S/C16H30N6O.HI/c1-6-17-15(19-11-14(23)21-16(2,3)4)18-9-7-8-13-10-20-22(5)12-13;/h10,12H,6-9,11H2,1-5H3,(H,21,23)(H2,17,18,19);1H. The summed E-state index contributed by atoms with van der Waals surface area (Å²) in [6.45, 7) is 9.54. The van der Waals surface area contributed by atoms with Crippen molar-refractivity contribution in [2.45, 2.75) is 46.1 Å². The number of amides is 1. The van der Waals surface area contributed by atoms with E-state index in [1.165, 1.54) is 5.56 Å². The van der Waals surface area contributed by atoms with Crippen LogP contribution in [-0.2, 0) is 18.3 Å². The number of nitrogens with one attached hydrogen (secondary N) is 3. The Hall–Kier alpha value is -1.32. The Kier molecular flexibility index (Phi) is 10.7. The quantitative estimate of drug-likeness (QED) is 0.254. The van der Waals surface area contributed by atoms with Crippen LogP contribution in [0.25, 0.3) is 0 Å². The Morgan fingerprint density at radius 2 is 2.04 bits per heavy atom. The lowest BCUT2D eigenvalue weighted by atomic mass is 10.1. The van der Waals surface area contributed by atoms with Gasteiger partial charge in [-0.2, -0.15) is 5.10 Å². The Bertz CT molecular complexity index is 521. The first-order valence-electron chi connectivity index (χ1n) is 8.11. The summed E-state index contributed by atoms with van der Waals surface area (Å²) in [4.78, 5) is 16.1. The van der Waals surface area contributed by atoms with Gasteiger partial charge in [0.05, 0.1) is 6.20 Å². The van der Waals surface area contributed by atoms with E-state index < -0.39 is 0 Å². The zero-order chi connectivity index (χ0) is 17.3. The van der Waals surface area contributed by atoms with Crippen LogP contribution in [0.15, 0.2) is 17.4 Å². The first kappa shape index (κ1) is 22.7. The van der Waals surface area contributed by atoms with Crippen LogP contribution < -0.4 is 16.0 Å². The van der Waals surface area contributed by atoms with E-state index in [-0.39, 0.29) is 42.0 Å². The number of aromatic nitrogens is 2. The molecule has 1 aromatic heterocycles. The van der Waals surface area contributed by atoms with Crippen LogP contribution in [0.2, 0.25) is 0 Å². The Labute approximate surface area is 162 Å². The fourth-order valence-corrected chi connectivity index (χ4v) is 2.05. The number of carbonyl (C=O) groups is 1. The van der Waals surface area contributed by atoms with Crippen molar-refractivity contribution in [3.63, 3.8) is 0 Å². The number of aliphatic imine (C=N–C) groups is 1. The first-order chi connectivity index (χ1) is 10.8. The smallest absolute Gasteiger partial charge is 0.242 e. The molecule has 0 saturated heterocycles. The Morgan fingerprint density at radius 3 is 2.58 bits per heavy atom. The molecular weight excluding hydrogens is 419 g/mol. The molecule has 1 heterocycles. The summed E-state index contributed by atoms with van der Waals surface area (Å²) in [5, 5.41) is 13.4. The third-order valence-corrected chi connectivity index (χ3v) is 2.93. The van der Waals surface area contributed by atoms with Gasteiger partial charge in [0.1, 0.15) is 6.54 Å². The second-order valence-electron chi connectivity index (χ2n) is 6.55. The number of guanidine groups is 1. The molecule has 0 bridgehead atoms. The van der Waals surface area contributed by atoms with Crippen LogP contribution in [0.5, 0.6) is 0 Å². The second-order valence-corrected chi connectivity index (χ2v) is 6.55. The third-order valence-electron chi connectivity index (χ3n) is 2.93. The summed E-state index contributed by atoms with van der Waals surface area (Å²) in [6.07, 6.45) is 5.85. The van der Waals surface area contributed by atoms with E-state index in [9.17, 15) is 4.79 Å². The van der Waals surface area contributed by atoms with Gasteiger partial charge in [-0.25, -0.2) is 4.99 Å². The average Bonchev–Trinajstić information content (AvgIpc) is 2.84. The molecule has 1 amide bonds. The van der Waals surface area contributed by atoms with E-state index in [0.29, 0.717) is 5.96 Å². The van der Waals surface area contributed by atoms with Gasteiger partial charge in [0.15, 0.2) is 5.96 Å². The second kappa shape index (κ2) is 11.3. The molecule has 0 atom stereocenters. The number of carbonyl (C=O) groups excluding carboxylic acids is 1. The maximum atomic E-state index is 11.8. The highest BCUT2D eigenvalue weighted by Gasteiger charge is 2.13. The summed E-state index contributed by atoms with van der Waals surface area (Å²) in [5.74, 6) is 0.591.